The largest absolute Gasteiger partial charge is 0.394 e. The first-order chi connectivity index (χ1) is 39.3. The fraction of sp³-hybridized carbons (Fsp3) is 0.887. The average Bonchev–Trinajstić information content (AvgIpc) is 3.48. The van der Waals surface area contributed by atoms with Crippen molar-refractivity contribution in [3.05, 3.63) is 36.5 Å². The lowest BCUT2D eigenvalue weighted by Crippen LogP contribution is -2.66. The van der Waals surface area contributed by atoms with Gasteiger partial charge in [-0.2, -0.15) is 0 Å². The van der Waals surface area contributed by atoms with Gasteiger partial charge in [0.1, 0.15) is 73.2 Å². The Kier molecular flexibility index (Phi) is 41.0. The molecule has 0 aromatic rings. The van der Waals surface area contributed by atoms with Crippen molar-refractivity contribution in [2.45, 2.75) is 324 Å². The second-order valence-electron chi connectivity index (χ2n) is 22.9. The van der Waals surface area contributed by atoms with Crippen molar-refractivity contribution in [3.63, 3.8) is 0 Å². The van der Waals surface area contributed by atoms with E-state index in [1.165, 1.54) is 141 Å². The number of unbranched alkanes of at least 4 members (excludes halogenated alkanes) is 27. The zero-order valence-electron chi connectivity index (χ0n) is 49.5. The van der Waals surface area contributed by atoms with Crippen LogP contribution in [-0.4, -0.2) is 193 Å². The summed E-state index contributed by atoms with van der Waals surface area (Å²) < 4.78 is 34.2. The van der Waals surface area contributed by atoms with Crippen molar-refractivity contribution in [1.82, 2.24) is 5.32 Å². The Bertz CT molecular complexity index is 1620. The minimum Gasteiger partial charge on any atom is -0.394 e. The molecule has 17 unspecified atom stereocenters. The van der Waals surface area contributed by atoms with E-state index in [1.807, 2.05) is 6.08 Å². The van der Waals surface area contributed by atoms with Crippen LogP contribution in [0.3, 0.4) is 0 Å². The Morgan fingerprint density at radius 2 is 0.790 bits per heavy atom. The molecule has 3 rings (SSSR count). The minimum absolute atomic E-state index is 0.235. The van der Waals surface area contributed by atoms with Gasteiger partial charge < -0.3 is 89.9 Å². The number of carbonyl (C=O) groups excluding carboxylic acids is 1. The van der Waals surface area contributed by atoms with Crippen LogP contribution in [0.1, 0.15) is 219 Å². The van der Waals surface area contributed by atoms with Crippen molar-refractivity contribution >= 4 is 5.91 Å². The first-order valence-corrected chi connectivity index (χ1v) is 31.7. The third-order valence-corrected chi connectivity index (χ3v) is 15.9. The summed E-state index contributed by atoms with van der Waals surface area (Å²) in [7, 11) is 0. The number of carbonyl (C=O) groups is 1. The maximum atomic E-state index is 13.3. The van der Waals surface area contributed by atoms with Gasteiger partial charge in [0.25, 0.3) is 0 Å². The molecule has 0 aliphatic carbocycles. The van der Waals surface area contributed by atoms with E-state index >= 15 is 0 Å². The second kappa shape index (κ2) is 45.3. The molecule has 3 fully saturated rings. The average molecular weight is 1160 g/mol. The molecule has 0 aromatic carbocycles. The van der Waals surface area contributed by atoms with E-state index in [0.29, 0.717) is 12.8 Å². The number of hydrogen-bond donors (Lipinski definition) is 12. The first-order valence-electron chi connectivity index (χ1n) is 31.7. The molecular weight excluding hydrogens is 1050 g/mol. The lowest BCUT2D eigenvalue weighted by atomic mass is 9.96. The number of ether oxygens (including phenoxy) is 6. The highest BCUT2D eigenvalue weighted by Crippen LogP contribution is 2.33. The molecule has 3 aliphatic heterocycles. The van der Waals surface area contributed by atoms with Gasteiger partial charge in [-0.3, -0.25) is 4.79 Å². The van der Waals surface area contributed by atoms with Crippen LogP contribution in [0.15, 0.2) is 36.5 Å². The van der Waals surface area contributed by atoms with E-state index < -0.39 is 124 Å². The van der Waals surface area contributed by atoms with Crippen molar-refractivity contribution in [2.24, 2.45) is 0 Å². The number of hydrogen-bond acceptors (Lipinski definition) is 18. The molecule has 12 N–H and O–H groups in total. The van der Waals surface area contributed by atoms with E-state index in [2.05, 4.69) is 43.5 Å². The fourth-order valence-electron chi connectivity index (χ4n) is 10.7. The highest BCUT2D eigenvalue weighted by atomic mass is 16.8. The maximum Gasteiger partial charge on any atom is 0.220 e. The van der Waals surface area contributed by atoms with Gasteiger partial charge in [-0.25, -0.2) is 0 Å². The molecule has 0 saturated carbocycles. The van der Waals surface area contributed by atoms with Crippen LogP contribution in [-0.2, 0) is 33.2 Å². The van der Waals surface area contributed by atoms with E-state index in [-0.39, 0.29) is 18.9 Å². The summed E-state index contributed by atoms with van der Waals surface area (Å²) in [4.78, 5) is 13.3. The van der Waals surface area contributed by atoms with E-state index in [0.717, 1.165) is 44.9 Å². The van der Waals surface area contributed by atoms with Gasteiger partial charge in [0, 0.05) is 6.42 Å². The second-order valence-corrected chi connectivity index (χ2v) is 22.9. The zero-order valence-corrected chi connectivity index (χ0v) is 49.5. The van der Waals surface area contributed by atoms with Gasteiger partial charge in [0.05, 0.1) is 38.6 Å². The lowest BCUT2D eigenvalue weighted by molar-refractivity contribution is -0.379. The number of aliphatic hydroxyl groups excluding tert-OH is 11. The summed E-state index contributed by atoms with van der Waals surface area (Å²) in [6.45, 7) is 1.68. The van der Waals surface area contributed by atoms with Crippen molar-refractivity contribution in [3.8, 4) is 0 Å². The molecular formula is C62H113NO18. The maximum absolute atomic E-state index is 13.3. The van der Waals surface area contributed by atoms with Crippen molar-refractivity contribution in [1.29, 1.82) is 0 Å². The van der Waals surface area contributed by atoms with Gasteiger partial charge in [-0.05, 0) is 44.9 Å². The number of rotatable bonds is 47. The van der Waals surface area contributed by atoms with Crippen LogP contribution >= 0.6 is 0 Å². The highest BCUT2D eigenvalue weighted by Gasteiger charge is 2.53. The summed E-state index contributed by atoms with van der Waals surface area (Å²) >= 11 is 0. The van der Waals surface area contributed by atoms with Gasteiger partial charge in [0.15, 0.2) is 18.9 Å². The van der Waals surface area contributed by atoms with Crippen molar-refractivity contribution in [2.75, 3.05) is 26.4 Å². The molecule has 3 heterocycles. The molecule has 19 nitrogen and oxygen atoms in total. The van der Waals surface area contributed by atoms with Crippen LogP contribution in [0.2, 0.25) is 0 Å². The molecule has 474 valence electrons. The predicted octanol–water partition coefficient (Wildman–Crippen LogP) is 6.49. The molecule has 1 amide bonds. The molecule has 81 heavy (non-hydrogen) atoms. The fourth-order valence-corrected chi connectivity index (χ4v) is 10.7. The summed E-state index contributed by atoms with van der Waals surface area (Å²) in [6.07, 6.45) is 22.7. The third kappa shape index (κ3) is 28.8. The first kappa shape index (κ1) is 73.3. The number of amides is 1. The quantitative estimate of drug-likeness (QED) is 0.0229. The number of allylic oxidation sites excluding steroid dienone is 5. The standard InChI is InChI=1S/C62H113NO18/c1-3-5-7-9-11-13-15-17-19-20-21-22-23-24-25-26-28-30-32-34-36-38-40-50(68)63-45(46(67)39-37-35-33-31-29-27-18-16-14-12-10-8-6-4-2)44-76-60-56(74)53(71)58(48(42-65)78-60)81-62-57(75)54(72)59(49(43-66)79-62)80-61-55(73)52(70)51(69)47(41-64)77-61/h14,16,29,31,37,39,45-49,51-62,64-67,69-75H,3-13,15,17-28,30,32-36,38,40-44H2,1-2H3,(H,63,68)/b16-14+,31-29+,39-37+. The summed E-state index contributed by atoms with van der Waals surface area (Å²) in [5.41, 5.74) is 0. The van der Waals surface area contributed by atoms with E-state index in [1.54, 1.807) is 6.08 Å². The molecule has 19 heteroatoms. The van der Waals surface area contributed by atoms with Crippen molar-refractivity contribution < 1.29 is 89.4 Å². The summed E-state index contributed by atoms with van der Waals surface area (Å²) in [5.74, 6) is -0.288. The predicted molar refractivity (Wildman–Crippen MR) is 309 cm³/mol. The van der Waals surface area contributed by atoms with Crippen LogP contribution in [0.5, 0.6) is 0 Å². The van der Waals surface area contributed by atoms with E-state index in [4.69, 9.17) is 28.4 Å². The Morgan fingerprint density at radius 1 is 0.432 bits per heavy atom. The highest BCUT2D eigenvalue weighted by molar-refractivity contribution is 5.76. The zero-order chi connectivity index (χ0) is 59.0. The van der Waals surface area contributed by atoms with Crippen LogP contribution < -0.4 is 5.32 Å². The molecule has 3 aliphatic rings. The Labute approximate surface area is 485 Å². The molecule has 0 bridgehead atoms. The van der Waals surface area contributed by atoms with Gasteiger partial charge in [0.2, 0.25) is 5.91 Å². The number of nitrogens with one attached hydrogen (secondary N) is 1. The summed E-state index contributed by atoms with van der Waals surface area (Å²) in [6, 6.07) is -0.993. The SMILES string of the molecule is CCCCCC/C=C/CC/C=C/CC/C=C/C(O)C(COC1OC(CO)C(OC2OC(CO)C(OC3OC(CO)C(O)C(O)C3O)C(O)C2O)C(O)C1O)NC(=O)CCCCCCCCCCCCCCCCCCCCCCCC. The minimum atomic E-state index is -1.98. The summed E-state index contributed by atoms with van der Waals surface area (Å²) in [5, 5.41) is 120. The lowest BCUT2D eigenvalue weighted by Gasteiger charge is -2.48. The molecule has 0 radical (unpaired) electrons. The molecule has 0 spiro atoms. The number of aliphatic hydroxyl groups is 11. The van der Waals surface area contributed by atoms with Crippen LogP contribution in [0.25, 0.3) is 0 Å². The Morgan fingerprint density at radius 3 is 1.23 bits per heavy atom. The van der Waals surface area contributed by atoms with Gasteiger partial charge >= 0.3 is 0 Å². The smallest absolute Gasteiger partial charge is 0.220 e. The Balaban J connectivity index is 1.47. The molecule has 3 saturated heterocycles. The normalized spacial score (nSPS) is 30.0. The van der Waals surface area contributed by atoms with Gasteiger partial charge in [-0.15, -0.1) is 0 Å². The molecule has 0 aromatic heterocycles. The van der Waals surface area contributed by atoms with E-state index in [9.17, 15) is 61.0 Å². The van der Waals surface area contributed by atoms with Crippen LogP contribution in [0, 0.1) is 0 Å². The molecule has 17 atom stereocenters. The topological polar surface area (TPSA) is 307 Å². The third-order valence-electron chi connectivity index (χ3n) is 15.9. The van der Waals surface area contributed by atoms with Crippen LogP contribution in [0.4, 0.5) is 0 Å². The Hall–Kier alpha value is -1.99. The monoisotopic (exact) mass is 1160 g/mol. The van der Waals surface area contributed by atoms with Gasteiger partial charge in [-0.1, -0.05) is 204 Å².